The molecule has 2 aliphatic heterocycles. The second kappa shape index (κ2) is 6.72. The summed E-state index contributed by atoms with van der Waals surface area (Å²) in [6.07, 6.45) is 0.721. The van der Waals surface area contributed by atoms with Gasteiger partial charge in [-0.3, -0.25) is 9.69 Å². The van der Waals surface area contributed by atoms with Crippen molar-refractivity contribution < 1.29 is 9.18 Å². The fourth-order valence-corrected chi connectivity index (χ4v) is 4.22. The fourth-order valence-electron chi connectivity index (χ4n) is 4.22. The molecule has 0 spiro atoms. The standard InChI is InChI=1S/C22H23FN4O/c1-27(16-10-24-11-16)12-13-2-4-14(5-3-13)21-17-6-7-25-22(28)18-8-15(23)9-19(26-21)20(17)18/h2-5,8-9,16,24,26H,6-7,10-12H2,1H3,(H,25,28). The summed E-state index contributed by atoms with van der Waals surface area (Å²) < 4.78 is 14.0. The van der Waals surface area contributed by atoms with Crippen molar-refractivity contribution in [1.29, 1.82) is 0 Å². The van der Waals surface area contributed by atoms with Crippen LogP contribution in [0.25, 0.3) is 22.2 Å². The van der Waals surface area contributed by atoms with Crippen LogP contribution in [0.15, 0.2) is 36.4 Å². The summed E-state index contributed by atoms with van der Waals surface area (Å²) in [6.45, 7) is 3.57. The van der Waals surface area contributed by atoms with Crippen molar-refractivity contribution in [2.45, 2.75) is 19.0 Å². The molecule has 0 bridgehead atoms. The number of H-pyrrole nitrogens is 1. The Morgan fingerprint density at radius 1 is 1.18 bits per heavy atom. The monoisotopic (exact) mass is 378 g/mol. The van der Waals surface area contributed by atoms with E-state index < -0.39 is 5.82 Å². The molecule has 1 fully saturated rings. The van der Waals surface area contributed by atoms with Gasteiger partial charge in [0, 0.05) is 48.8 Å². The van der Waals surface area contributed by atoms with E-state index in [4.69, 9.17) is 0 Å². The number of carbonyl (C=O) groups is 1. The molecule has 0 radical (unpaired) electrons. The van der Waals surface area contributed by atoms with E-state index in [2.05, 4.69) is 51.8 Å². The summed E-state index contributed by atoms with van der Waals surface area (Å²) >= 11 is 0. The van der Waals surface area contributed by atoms with Crippen LogP contribution >= 0.6 is 0 Å². The summed E-state index contributed by atoms with van der Waals surface area (Å²) in [7, 11) is 2.16. The van der Waals surface area contributed by atoms with Gasteiger partial charge in [-0.05, 0) is 42.3 Å². The summed E-state index contributed by atoms with van der Waals surface area (Å²) in [5.74, 6) is -0.611. The molecule has 144 valence electrons. The lowest BCUT2D eigenvalue weighted by Gasteiger charge is -2.35. The Morgan fingerprint density at radius 2 is 1.96 bits per heavy atom. The van der Waals surface area contributed by atoms with Gasteiger partial charge in [0.25, 0.3) is 5.91 Å². The third-order valence-corrected chi connectivity index (χ3v) is 5.93. The van der Waals surface area contributed by atoms with E-state index in [1.165, 1.54) is 17.7 Å². The number of hydrogen-bond acceptors (Lipinski definition) is 3. The van der Waals surface area contributed by atoms with E-state index >= 15 is 0 Å². The largest absolute Gasteiger partial charge is 0.354 e. The third-order valence-electron chi connectivity index (χ3n) is 5.93. The third kappa shape index (κ3) is 2.89. The molecule has 0 saturated carbocycles. The lowest BCUT2D eigenvalue weighted by Crippen LogP contribution is -2.55. The van der Waals surface area contributed by atoms with Crippen molar-refractivity contribution in [1.82, 2.24) is 20.5 Å². The number of aromatic nitrogens is 1. The van der Waals surface area contributed by atoms with E-state index in [9.17, 15) is 9.18 Å². The van der Waals surface area contributed by atoms with E-state index in [1.807, 2.05) is 0 Å². The van der Waals surface area contributed by atoms with Gasteiger partial charge in [0.1, 0.15) is 5.82 Å². The Balaban J connectivity index is 1.51. The highest BCUT2D eigenvalue weighted by atomic mass is 19.1. The van der Waals surface area contributed by atoms with Crippen LogP contribution in [-0.4, -0.2) is 48.5 Å². The zero-order valence-electron chi connectivity index (χ0n) is 15.8. The quantitative estimate of drug-likeness (QED) is 0.654. The Kier molecular flexibility index (Phi) is 4.18. The van der Waals surface area contributed by atoms with Gasteiger partial charge in [0.15, 0.2) is 0 Å². The molecule has 0 atom stereocenters. The van der Waals surface area contributed by atoms with Crippen LogP contribution in [0, 0.1) is 5.82 Å². The molecule has 3 N–H and O–H groups in total. The average molecular weight is 378 g/mol. The zero-order chi connectivity index (χ0) is 19.3. The maximum atomic E-state index is 14.0. The van der Waals surface area contributed by atoms with Gasteiger partial charge in [0.2, 0.25) is 0 Å². The van der Waals surface area contributed by atoms with Gasteiger partial charge in [-0.2, -0.15) is 0 Å². The van der Waals surface area contributed by atoms with Crippen molar-refractivity contribution in [3.05, 3.63) is 58.9 Å². The lowest BCUT2D eigenvalue weighted by molar-refractivity contribution is 0.0957. The molecule has 2 aliphatic rings. The number of carbonyl (C=O) groups excluding carboxylic acids is 1. The average Bonchev–Trinajstić information content (AvgIpc) is 2.89. The fraction of sp³-hybridized carbons (Fsp3) is 0.318. The van der Waals surface area contributed by atoms with Crippen molar-refractivity contribution in [3.8, 4) is 11.3 Å². The zero-order valence-corrected chi connectivity index (χ0v) is 15.8. The summed E-state index contributed by atoms with van der Waals surface area (Å²) in [5, 5.41) is 7.01. The maximum absolute atomic E-state index is 14.0. The minimum absolute atomic E-state index is 0.210. The number of rotatable bonds is 4. The molecule has 3 heterocycles. The normalized spacial score (nSPS) is 16.9. The number of hydrogen-bond donors (Lipinski definition) is 3. The number of amides is 1. The Morgan fingerprint density at radius 3 is 2.68 bits per heavy atom. The molecule has 0 aliphatic carbocycles. The minimum Gasteiger partial charge on any atom is -0.354 e. The first kappa shape index (κ1) is 17.4. The SMILES string of the molecule is CN(Cc1ccc(-c2[nH]c3cc(F)cc4c3c2CCNC4=O)cc1)C1CNC1. The van der Waals surface area contributed by atoms with Crippen LogP contribution in [0.5, 0.6) is 0 Å². The van der Waals surface area contributed by atoms with Crippen LogP contribution in [0.2, 0.25) is 0 Å². The van der Waals surface area contributed by atoms with Crippen LogP contribution in [0.1, 0.15) is 21.5 Å². The van der Waals surface area contributed by atoms with Gasteiger partial charge in [-0.1, -0.05) is 24.3 Å². The van der Waals surface area contributed by atoms with E-state index in [-0.39, 0.29) is 5.91 Å². The Labute approximate surface area is 162 Å². The molecule has 1 amide bonds. The molecule has 3 aromatic rings. The van der Waals surface area contributed by atoms with Gasteiger partial charge < -0.3 is 15.6 Å². The molecular formula is C22H23FN4O. The number of benzene rings is 2. The summed E-state index contributed by atoms with van der Waals surface area (Å²) in [4.78, 5) is 18.1. The topological polar surface area (TPSA) is 60.2 Å². The predicted octanol–water partition coefficient (Wildman–Crippen LogP) is 2.66. The van der Waals surface area contributed by atoms with Crippen LogP contribution < -0.4 is 10.6 Å². The Bertz CT molecular complexity index is 1050. The number of halogens is 1. The van der Waals surface area contributed by atoms with Crippen molar-refractivity contribution in [2.75, 3.05) is 26.7 Å². The molecule has 5 nitrogen and oxygen atoms in total. The maximum Gasteiger partial charge on any atom is 0.252 e. The Hall–Kier alpha value is -2.70. The minimum atomic E-state index is -0.400. The van der Waals surface area contributed by atoms with E-state index in [1.54, 1.807) is 0 Å². The summed E-state index contributed by atoms with van der Waals surface area (Å²) in [5.41, 5.74) is 5.47. The molecule has 28 heavy (non-hydrogen) atoms. The molecule has 6 heteroatoms. The number of nitrogens with one attached hydrogen (secondary N) is 3. The second-order valence-corrected chi connectivity index (χ2v) is 7.78. The van der Waals surface area contributed by atoms with Crippen molar-refractivity contribution in [3.63, 3.8) is 0 Å². The van der Waals surface area contributed by atoms with Crippen LogP contribution in [0.4, 0.5) is 4.39 Å². The number of aromatic amines is 1. The van der Waals surface area contributed by atoms with E-state index in [0.717, 1.165) is 48.3 Å². The van der Waals surface area contributed by atoms with Gasteiger partial charge in [-0.15, -0.1) is 0 Å². The number of likely N-dealkylation sites (N-methyl/N-ethyl adjacent to an activating group) is 1. The van der Waals surface area contributed by atoms with Crippen LogP contribution in [-0.2, 0) is 13.0 Å². The summed E-state index contributed by atoms with van der Waals surface area (Å²) in [6, 6.07) is 11.9. The van der Waals surface area contributed by atoms with Crippen LogP contribution in [0.3, 0.4) is 0 Å². The predicted molar refractivity (Wildman–Crippen MR) is 108 cm³/mol. The molecule has 1 aromatic heterocycles. The molecule has 2 aromatic carbocycles. The van der Waals surface area contributed by atoms with Gasteiger partial charge in [-0.25, -0.2) is 4.39 Å². The smallest absolute Gasteiger partial charge is 0.252 e. The van der Waals surface area contributed by atoms with Crippen molar-refractivity contribution in [2.24, 2.45) is 0 Å². The highest BCUT2D eigenvalue weighted by Gasteiger charge is 2.24. The second-order valence-electron chi connectivity index (χ2n) is 7.78. The van der Waals surface area contributed by atoms with Gasteiger partial charge in [0.05, 0.1) is 5.56 Å². The highest BCUT2D eigenvalue weighted by Crippen LogP contribution is 2.34. The lowest BCUT2D eigenvalue weighted by atomic mass is 9.99. The highest BCUT2D eigenvalue weighted by molar-refractivity contribution is 6.10. The number of nitrogens with zero attached hydrogens (tertiary/aromatic N) is 1. The molecule has 0 unspecified atom stereocenters. The van der Waals surface area contributed by atoms with Crippen molar-refractivity contribution >= 4 is 16.8 Å². The molecular weight excluding hydrogens is 355 g/mol. The first-order valence-corrected chi connectivity index (χ1v) is 9.73. The van der Waals surface area contributed by atoms with E-state index in [0.29, 0.717) is 23.7 Å². The van der Waals surface area contributed by atoms with Gasteiger partial charge >= 0.3 is 0 Å². The first-order valence-electron chi connectivity index (χ1n) is 9.73. The molecule has 1 saturated heterocycles. The first-order chi connectivity index (χ1) is 13.6. The molecule has 5 rings (SSSR count).